The number of allylic oxidation sites excluding steroid dienone is 2. The molecule has 1 aliphatic rings. The van der Waals surface area contributed by atoms with Gasteiger partial charge in [0.2, 0.25) is 6.29 Å². The molecule has 0 radical (unpaired) electrons. The maximum Gasteiger partial charge on any atom is 0.345 e. The van der Waals surface area contributed by atoms with Crippen molar-refractivity contribution >= 4 is 18.0 Å². The highest BCUT2D eigenvalue weighted by Crippen LogP contribution is 2.44. The van der Waals surface area contributed by atoms with Gasteiger partial charge in [-0.25, -0.2) is 4.79 Å². The van der Waals surface area contributed by atoms with E-state index >= 15 is 0 Å². The van der Waals surface area contributed by atoms with Gasteiger partial charge < -0.3 is 20.1 Å². The van der Waals surface area contributed by atoms with E-state index in [1.807, 2.05) is 6.08 Å². The number of ether oxygens (including phenoxy) is 1. The number of aldehydes is 1. The number of aliphatic hydroxyl groups excluding tert-OH is 1. The van der Waals surface area contributed by atoms with Gasteiger partial charge in [-0.05, 0) is 25.3 Å². The van der Waals surface area contributed by atoms with Crippen molar-refractivity contribution in [3.63, 3.8) is 0 Å². The van der Waals surface area contributed by atoms with Crippen molar-refractivity contribution in [3.8, 4) is 11.5 Å². The molecule has 164 valence electrons. The molecule has 1 aromatic rings. The Bertz CT molecular complexity index is 811. The average molecular weight is 418 g/mol. The van der Waals surface area contributed by atoms with Crippen LogP contribution in [0.4, 0.5) is 0 Å². The lowest BCUT2D eigenvalue weighted by molar-refractivity contribution is -0.114. The van der Waals surface area contributed by atoms with Crippen LogP contribution in [0.5, 0.6) is 11.5 Å². The van der Waals surface area contributed by atoms with Crippen LogP contribution in [0.15, 0.2) is 12.2 Å². The quantitative estimate of drug-likeness (QED) is 0.189. The minimum atomic E-state index is -1.73. The van der Waals surface area contributed by atoms with Gasteiger partial charge in [0.05, 0.1) is 11.1 Å². The van der Waals surface area contributed by atoms with Crippen LogP contribution in [0.1, 0.15) is 103 Å². The van der Waals surface area contributed by atoms with E-state index in [0.717, 1.165) is 19.3 Å². The molecular weight excluding hydrogens is 388 g/mol. The molecule has 0 aliphatic carbocycles. The minimum Gasteiger partial charge on any atom is -0.507 e. The normalized spacial score (nSPS) is 15.4. The Morgan fingerprint density at radius 3 is 2.40 bits per heavy atom. The number of hydrogen-bond donors (Lipinski definition) is 3. The fourth-order valence-electron chi connectivity index (χ4n) is 3.62. The minimum absolute atomic E-state index is 0.0106. The van der Waals surface area contributed by atoms with E-state index in [-0.39, 0.29) is 47.2 Å². The number of rotatable bonds is 13. The summed E-state index contributed by atoms with van der Waals surface area (Å²) >= 11 is 0. The van der Waals surface area contributed by atoms with Crippen molar-refractivity contribution in [3.05, 3.63) is 34.4 Å². The van der Waals surface area contributed by atoms with Gasteiger partial charge in [-0.15, -0.1) is 0 Å². The van der Waals surface area contributed by atoms with E-state index in [4.69, 9.17) is 0 Å². The molecule has 1 aliphatic heterocycles. The molecule has 0 fully saturated rings. The predicted molar refractivity (Wildman–Crippen MR) is 111 cm³/mol. The summed E-state index contributed by atoms with van der Waals surface area (Å²) in [7, 11) is 0. The molecular formula is C23H30O7. The largest absolute Gasteiger partial charge is 0.507 e. The Kier molecular flexibility index (Phi) is 9.05. The lowest BCUT2D eigenvalue weighted by Crippen LogP contribution is -2.04. The molecule has 30 heavy (non-hydrogen) atoms. The molecule has 1 heterocycles. The van der Waals surface area contributed by atoms with Crippen LogP contribution < -0.4 is 0 Å². The number of hydrogen-bond acceptors (Lipinski definition) is 7. The van der Waals surface area contributed by atoms with Crippen LogP contribution in [0.2, 0.25) is 0 Å². The van der Waals surface area contributed by atoms with Gasteiger partial charge in [0.1, 0.15) is 17.1 Å². The number of carbonyl (C=O) groups excluding carboxylic acids is 3. The van der Waals surface area contributed by atoms with Crippen molar-refractivity contribution in [2.24, 2.45) is 0 Å². The van der Waals surface area contributed by atoms with Crippen molar-refractivity contribution in [1.82, 2.24) is 0 Å². The zero-order valence-electron chi connectivity index (χ0n) is 17.4. The monoisotopic (exact) mass is 418 g/mol. The lowest BCUT2D eigenvalue weighted by Gasteiger charge is -2.13. The second-order valence-electron chi connectivity index (χ2n) is 7.53. The van der Waals surface area contributed by atoms with E-state index in [2.05, 4.69) is 11.7 Å². The molecule has 7 nitrogen and oxygen atoms in total. The van der Waals surface area contributed by atoms with Crippen LogP contribution in [0, 0.1) is 0 Å². The molecule has 0 saturated heterocycles. The topological polar surface area (TPSA) is 121 Å². The number of aliphatic hydroxyl groups is 1. The number of fused-ring (bicyclic) bond motifs is 1. The molecule has 0 bridgehead atoms. The SMILES string of the molecule is CCCCCCCCC/C=C/C(=O)CCc1c(O)c(C=O)c2c(c1O)C(=O)O[C@H]2O. The summed E-state index contributed by atoms with van der Waals surface area (Å²) in [6.07, 6.45) is 11.0. The predicted octanol–water partition coefficient (Wildman–Crippen LogP) is 4.27. The number of carbonyl (C=O) groups is 3. The Balaban J connectivity index is 1.90. The first-order valence-corrected chi connectivity index (χ1v) is 10.6. The van der Waals surface area contributed by atoms with Gasteiger partial charge in [0.25, 0.3) is 0 Å². The number of phenolic OH excluding ortho intramolecular Hbond substituents is 2. The first-order valence-electron chi connectivity index (χ1n) is 10.6. The molecule has 2 rings (SSSR count). The van der Waals surface area contributed by atoms with Crippen LogP contribution in [0.3, 0.4) is 0 Å². The smallest absolute Gasteiger partial charge is 0.345 e. The number of benzene rings is 1. The van der Waals surface area contributed by atoms with Gasteiger partial charge in [-0.2, -0.15) is 0 Å². The zero-order valence-corrected chi connectivity index (χ0v) is 17.4. The molecule has 0 spiro atoms. The third-order valence-electron chi connectivity index (χ3n) is 5.31. The standard InChI is InChI=1S/C23H30O7/c1-2-3-4-5-6-7-8-9-10-11-15(25)12-13-16-20(26)17(14-24)18-19(21(16)27)23(29)30-22(18)28/h10-11,14,22,26-28H,2-9,12-13H2,1H3/b11-10+/t22-/m1/s1. The molecule has 0 saturated carbocycles. The summed E-state index contributed by atoms with van der Waals surface area (Å²) in [6.45, 7) is 2.19. The third kappa shape index (κ3) is 5.69. The summed E-state index contributed by atoms with van der Waals surface area (Å²) in [5.74, 6) is -2.30. The third-order valence-corrected chi connectivity index (χ3v) is 5.31. The molecule has 3 N–H and O–H groups in total. The van der Waals surface area contributed by atoms with Gasteiger partial charge in [0, 0.05) is 12.0 Å². The summed E-state index contributed by atoms with van der Waals surface area (Å²) in [5, 5.41) is 30.4. The molecule has 0 amide bonds. The zero-order chi connectivity index (χ0) is 22.1. The van der Waals surface area contributed by atoms with Gasteiger partial charge in [-0.3, -0.25) is 9.59 Å². The molecule has 0 aromatic heterocycles. The first kappa shape index (κ1) is 23.6. The highest BCUT2D eigenvalue weighted by Gasteiger charge is 2.38. The number of aromatic hydroxyl groups is 2. The number of unbranched alkanes of at least 4 members (excludes halogenated alkanes) is 7. The Hall–Kier alpha value is -2.67. The van der Waals surface area contributed by atoms with Crippen LogP contribution >= 0.6 is 0 Å². The average Bonchev–Trinajstić information content (AvgIpc) is 3.01. The van der Waals surface area contributed by atoms with E-state index in [1.165, 1.54) is 38.2 Å². The van der Waals surface area contributed by atoms with Gasteiger partial charge in [0.15, 0.2) is 12.1 Å². The summed E-state index contributed by atoms with van der Waals surface area (Å²) in [5.41, 5.74) is -1.01. The fourth-order valence-corrected chi connectivity index (χ4v) is 3.62. The maximum atomic E-state index is 12.1. The van der Waals surface area contributed by atoms with Crippen molar-refractivity contribution < 1.29 is 34.4 Å². The molecule has 7 heteroatoms. The highest BCUT2D eigenvalue weighted by molar-refractivity contribution is 6.02. The van der Waals surface area contributed by atoms with Gasteiger partial charge >= 0.3 is 5.97 Å². The molecule has 0 unspecified atom stereocenters. The summed E-state index contributed by atoms with van der Waals surface area (Å²) in [6, 6.07) is 0. The van der Waals surface area contributed by atoms with Crippen LogP contribution in [-0.4, -0.2) is 33.4 Å². The van der Waals surface area contributed by atoms with E-state index in [9.17, 15) is 29.7 Å². The Labute approximate surface area is 176 Å². The summed E-state index contributed by atoms with van der Waals surface area (Å²) < 4.78 is 4.61. The fraction of sp³-hybridized carbons (Fsp3) is 0.522. The maximum absolute atomic E-state index is 12.1. The number of cyclic esters (lactones) is 1. The van der Waals surface area contributed by atoms with Crippen molar-refractivity contribution in [2.45, 2.75) is 77.4 Å². The number of phenols is 2. The van der Waals surface area contributed by atoms with Crippen LogP contribution in [0.25, 0.3) is 0 Å². The van der Waals surface area contributed by atoms with Crippen molar-refractivity contribution in [2.75, 3.05) is 0 Å². The Morgan fingerprint density at radius 2 is 1.73 bits per heavy atom. The second-order valence-corrected chi connectivity index (χ2v) is 7.53. The highest BCUT2D eigenvalue weighted by atomic mass is 16.6. The van der Waals surface area contributed by atoms with Crippen molar-refractivity contribution in [1.29, 1.82) is 0 Å². The first-order chi connectivity index (χ1) is 14.4. The van der Waals surface area contributed by atoms with Gasteiger partial charge in [-0.1, -0.05) is 51.5 Å². The number of esters is 1. The van der Waals surface area contributed by atoms with E-state index in [0.29, 0.717) is 0 Å². The Morgan fingerprint density at radius 1 is 1.07 bits per heavy atom. The second kappa shape index (κ2) is 11.5. The molecule has 1 aromatic carbocycles. The lowest BCUT2D eigenvalue weighted by atomic mass is 9.93. The van der Waals surface area contributed by atoms with E-state index in [1.54, 1.807) is 0 Å². The number of ketones is 1. The van der Waals surface area contributed by atoms with Crippen LogP contribution in [-0.2, 0) is 16.0 Å². The van der Waals surface area contributed by atoms with E-state index < -0.39 is 23.8 Å². The molecule has 1 atom stereocenters. The summed E-state index contributed by atoms with van der Waals surface area (Å²) in [4.78, 5) is 35.3.